The molecular formula is C21H28N4O3. The van der Waals surface area contributed by atoms with Crippen molar-refractivity contribution in [1.29, 1.82) is 0 Å². The molecule has 1 unspecified atom stereocenters. The molecule has 0 aliphatic carbocycles. The second-order valence-corrected chi connectivity index (χ2v) is 7.32. The molecule has 1 atom stereocenters. The molecule has 150 valence electrons. The van der Waals surface area contributed by atoms with E-state index >= 15 is 0 Å². The van der Waals surface area contributed by atoms with Gasteiger partial charge in [-0.1, -0.05) is 0 Å². The minimum absolute atomic E-state index is 0.281. The van der Waals surface area contributed by atoms with Crippen molar-refractivity contribution in [1.82, 2.24) is 9.97 Å². The Morgan fingerprint density at radius 2 is 1.93 bits per heavy atom. The highest BCUT2D eigenvalue weighted by atomic mass is 16.5. The lowest BCUT2D eigenvalue weighted by atomic mass is 9.99. The highest BCUT2D eigenvalue weighted by Crippen LogP contribution is 2.34. The van der Waals surface area contributed by atoms with Crippen LogP contribution in [-0.4, -0.2) is 50.0 Å². The molecular weight excluding hydrogens is 356 g/mol. The summed E-state index contributed by atoms with van der Waals surface area (Å²) in [5, 5.41) is 3.42. The Bertz CT molecular complexity index is 837. The minimum atomic E-state index is 0.281. The number of rotatable bonds is 6. The van der Waals surface area contributed by atoms with Gasteiger partial charge in [-0.05, 0) is 49.4 Å². The summed E-state index contributed by atoms with van der Waals surface area (Å²) in [6.45, 7) is 5.28. The number of anilines is 2. The molecule has 0 bridgehead atoms. The number of nitrogens with one attached hydrogen (secondary N) is 1. The van der Waals surface area contributed by atoms with Gasteiger partial charge < -0.3 is 24.4 Å². The molecule has 0 amide bonds. The van der Waals surface area contributed by atoms with Gasteiger partial charge in [-0.3, -0.25) is 0 Å². The summed E-state index contributed by atoms with van der Waals surface area (Å²) in [7, 11) is 3.35. The van der Waals surface area contributed by atoms with Crippen LogP contribution in [0.25, 0.3) is 0 Å². The monoisotopic (exact) mass is 384 g/mol. The number of benzene rings is 1. The van der Waals surface area contributed by atoms with Crippen LogP contribution in [-0.2, 0) is 17.7 Å². The number of methoxy groups -OCH3 is 2. The molecule has 4 rings (SSSR count). The molecule has 1 aromatic heterocycles. The number of fused-ring (bicyclic) bond motifs is 1. The van der Waals surface area contributed by atoms with E-state index in [2.05, 4.69) is 32.3 Å². The summed E-state index contributed by atoms with van der Waals surface area (Å²) in [5.41, 5.74) is 2.55. The third-order valence-corrected chi connectivity index (χ3v) is 5.40. The maximum atomic E-state index is 5.69. The van der Waals surface area contributed by atoms with Crippen LogP contribution in [0.4, 0.5) is 11.6 Å². The second-order valence-electron chi connectivity index (χ2n) is 7.32. The lowest BCUT2D eigenvalue weighted by molar-refractivity contribution is 0.120. The van der Waals surface area contributed by atoms with Crippen molar-refractivity contribution in [2.45, 2.75) is 38.8 Å². The van der Waals surface area contributed by atoms with Crippen molar-refractivity contribution in [3.05, 3.63) is 35.2 Å². The van der Waals surface area contributed by atoms with Crippen LogP contribution in [0.3, 0.4) is 0 Å². The van der Waals surface area contributed by atoms with Crippen molar-refractivity contribution in [3.8, 4) is 11.5 Å². The van der Waals surface area contributed by atoms with Gasteiger partial charge in [-0.2, -0.15) is 0 Å². The molecule has 3 heterocycles. The molecule has 28 heavy (non-hydrogen) atoms. The van der Waals surface area contributed by atoms with Crippen LogP contribution >= 0.6 is 0 Å². The first-order valence-corrected chi connectivity index (χ1v) is 9.86. The fourth-order valence-electron chi connectivity index (χ4n) is 3.91. The first-order valence-electron chi connectivity index (χ1n) is 9.86. The zero-order valence-electron chi connectivity index (χ0n) is 16.8. The second kappa shape index (κ2) is 8.22. The molecule has 7 nitrogen and oxygen atoms in total. The van der Waals surface area contributed by atoms with Gasteiger partial charge in [0.05, 0.1) is 20.3 Å². The Labute approximate surface area is 166 Å². The van der Waals surface area contributed by atoms with Gasteiger partial charge in [0.25, 0.3) is 0 Å². The van der Waals surface area contributed by atoms with Gasteiger partial charge in [0.1, 0.15) is 17.5 Å². The van der Waals surface area contributed by atoms with Gasteiger partial charge in [-0.25, -0.2) is 9.97 Å². The average Bonchev–Trinajstić information content (AvgIpc) is 3.24. The van der Waals surface area contributed by atoms with Crippen LogP contribution < -0.4 is 19.7 Å². The van der Waals surface area contributed by atoms with E-state index in [1.807, 2.05) is 13.0 Å². The number of nitrogens with zero attached hydrogens (tertiary/aromatic N) is 3. The fourth-order valence-corrected chi connectivity index (χ4v) is 3.91. The summed E-state index contributed by atoms with van der Waals surface area (Å²) in [4.78, 5) is 11.5. The summed E-state index contributed by atoms with van der Waals surface area (Å²) < 4.78 is 16.6. The van der Waals surface area contributed by atoms with Gasteiger partial charge in [-0.15, -0.1) is 0 Å². The molecule has 1 fully saturated rings. The van der Waals surface area contributed by atoms with E-state index in [9.17, 15) is 0 Å². The smallest absolute Gasteiger partial charge is 0.161 e. The average molecular weight is 384 g/mol. The number of aromatic nitrogens is 2. The summed E-state index contributed by atoms with van der Waals surface area (Å²) in [6, 6.07) is 6.20. The first-order chi connectivity index (χ1) is 13.7. The third kappa shape index (κ3) is 3.99. The maximum absolute atomic E-state index is 5.69. The first kappa shape index (κ1) is 18.8. The number of hydrogen-bond acceptors (Lipinski definition) is 7. The van der Waals surface area contributed by atoms with E-state index in [0.717, 1.165) is 74.5 Å². The van der Waals surface area contributed by atoms with E-state index in [-0.39, 0.29) is 6.10 Å². The molecule has 0 spiro atoms. The molecule has 7 heteroatoms. The molecule has 0 saturated carbocycles. The Balaban J connectivity index is 1.51. The van der Waals surface area contributed by atoms with E-state index in [1.54, 1.807) is 14.2 Å². The number of hydrogen-bond donors (Lipinski definition) is 1. The van der Waals surface area contributed by atoms with E-state index < -0.39 is 0 Å². The molecule has 2 aromatic rings. The van der Waals surface area contributed by atoms with Gasteiger partial charge in [0, 0.05) is 32.3 Å². The zero-order valence-corrected chi connectivity index (χ0v) is 16.8. The fraction of sp³-hybridized carbons (Fsp3) is 0.524. The largest absolute Gasteiger partial charge is 0.493 e. The molecule has 1 saturated heterocycles. The van der Waals surface area contributed by atoms with E-state index in [0.29, 0.717) is 0 Å². The molecule has 1 aromatic carbocycles. The lowest BCUT2D eigenvalue weighted by Gasteiger charge is -2.31. The number of ether oxygens (including phenoxy) is 3. The topological polar surface area (TPSA) is 68.7 Å². The predicted octanol–water partition coefficient (Wildman–Crippen LogP) is 2.96. The Hall–Kier alpha value is -2.54. The molecule has 2 aliphatic rings. The van der Waals surface area contributed by atoms with Crippen molar-refractivity contribution in [2.24, 2.45) is 0 Å². The Kier molecular flexibility index (Phi) is 5.52. The summed E-state index contributed by atoms with van der Waals surface area (Å²) >= 11 is 0. The summed E-state index contributed by atoms with van der Waals surface area (Å²) in [5.74, 6) is 4.12. The van der Waals surface area contributed by atoms with E-state index in [1.165, 1.54) is 11.1 Å². The van der Waals surface area contributed by atoms with Crippen molar-refractivity contribution in [3.63, 3.8) is 0 Å². The zero-order chi connectivity index (χ0) is 19.5. The lowest BCUT2D eigenvalue weighted by Crippen LogP contribution is -2.31. The maximum Gasteiger partial charge on any atom is 0.161 e. The van der Waals surface area contributed by atoms with Gasteiger partial charge in [0.2, 0.25) is 0 Å². The highest BCUT2D eigenvalue weighted by Gasteiger charge is 2.21. The molecule has 1 N–H and O–H groups in total. The predicted molar refractivity (Wildman–Crippen MR) is 109 cm³/mol. The van der Waals surface area contributed by atoms with Crippen LogP contribution in [0.15, 0.2) is 18.2 Å². The van der Waals surface area contributed by atoms with Crippen molar-refractivity contribution in [2.75, 3.05) is 44.1 Å². The van der Waals surface area contributed by atoms with Crippen LogP contribution in [0.1, 0.15) is 29.8 Å². The van der Waals surface area contributed by atoms with Gasteiger partial charge >= 0.3 is 0 Å². The minimum Gasteiger partial charge on any atom is -0.493 e. The SMILES string of the molecule is COc1cc2c(cc1OC)CN(c1cc(NCC3CCCO3)nc(C)n1)CC2. The van der Waals surface area contributed by atoms with Gasteiger partial charge in [0.15, 0.2) is 11.5 Å². The van der Waals surface area contributed by atoms with E-state index in [4.69, 9.17) is 14.2 Å². The van der Waals surface area contributed by atoms with Crippen LogP contribution in [0.5, 0.6) is 11.5 Å². The summed E-state index contributed by atoms with van der Waals surface area (Å²) in [6.07, 6.45) is 3.47. The quantitative estimate of drug-likeness (QED) is 0.821. The number of aryl methyl sites for hydroxylation is 1. The highest BCUT2D eigenvalue weighted by molar-refractivity contribution is 5.54. The molecule has 2 aliphatic heterocycles. The van der Waals surface area contributed by atoms with Crippen LogP contribution in [0, 0.1) is 6.92 Å². The van der Waals surface area contributed by atoms with Crippen LogP contribution in [0.2, 0.25) is 0 Å². The van der Waals surface area contributed by atoms with Crippen molar-refractivity contribution < 1.29 is 14.2 Å². The Morgan fingerprint density at radius 3 is 2.64 bits per heavy atom. The normalized spacial score (nSPS) is 18.7. The van der Waals surface area contributed by atoms with Crippen molar-refractivity contribution >= 4 is 11.6 Å². The molecule has 0 radical (unpaired) electrons. The standard InChI is InChI=1S/C21H28N4O3/c1-14-23-20(22-12-17-5-4-8-28-17)11-21(24-14)25-7-6-15-9-18(26-2)19(27-3)10-16(15)13-25/h9-11,17H,4-8,12-13H2,1-3H3,(H,22,23,24). The Morgan fingerprint density at radius 1 is 1.14 bits per heavy atom. The third-order valence-electron chi connectivity index (χ3n) is 5.40.